The lowest BCUT2D eigenvalue weighted by Crippen LogP contribution is -2.38. The van der Waals surface area contributed by atoms with Gasteiger partial charge in [0.15, 0.2) is 0 Å². The van der Waals surface area contributed by atoms with Crippen molar-refractivity contribution in [1.29, 1.82) is 0 Å². The maximum atomic E-state index is 12.0. The maximum Gasteiger partial charge on any atom is 0.261 e. The molecule has 0 saturated heterocycles. The van der Waals surface area contributed by atoms with Crippen LogP contribution >= 0.6 is 11.3 Å². The van der Waals surface area contributed by atoms with E-state index in [2.05, 4.69) is 10.6 Å². The number of hydrogen-bond donors (Lipinski definition) is 2. The van der Waals surface area contributed by atoms with E-state index >= 15 is 0 Å². The van der Waals surface area contributed by atoms with Crippen molar-refractivity contribution in [2.24, 2.45) is 0 Å². The highest BCUT2D eigenvalue weighted by molar-refractivity contribution is 7.12. The van der Waals surface area contributed by atoms with Crippen molar-refractivity contribution in [2.75, 3.05) is 6.54 Å². The Balaban J connectivity index is 1.87. The Kier molecular flexibility index (Phi) is 5.72. The summed E-state index contributed by atoms with van der Waals surface area (Å²) in [6.07, 6.45) is 0.799. The second kappa shape index (κ2) is 7.75. The monoisotopic (exact) mass is 316 g/mol. The quantitative estimate of drug-likeness (QED) is 0.860. The summed E-state index contributed by atoms with van der Waals surface area (Å²) in [6, 6.07) is 11.6. The van der Waals surface area contributed by atoms with Crippen LogP contribution in [0.4, 0.5) is 0 Å². The number of benzene rings is 1. The zero-order valence-corrected chi connectivity index (χ0v) is 13.6. The van der Waals surface area contributed by atoms with Crippen LogP contribution in [0, 0.1) is 6.92 Å². The van der Waals surface area contributed by atoms with Crippen molar-refractivity contribution >= 4 is 23.2 Å². The molecule has 0 fully saturated rings. The first-order valence-electron chi connectivity index (χ1n) is 7.27. The molecule has 0 aliphatic heterocycles. The third kappa shape index (κ3) is 4.43. The molecule has 0 aliphatic rings. The number of aryl methyl sites for hydroxylation is 1. The fourth-order valence-corrected chi connectivity index (χ4v) is 2.76. The topological polar surface area (TPSA) is 58.2 Å². The molecule has 1 heterocycles. The van der Waals surface area contributed by atoms with E-state index < -0.39 is 0 Å². The minimum Gasteiger partial charge on any atom is -0.348 e. The highest BCUT2D eigenvalue weighted by Crippen LogP contribution is 2.16. The molecule has 1 atom stereocenters. The Hall–Kier alpha value is -2.14. The van der Waals surface area contributed by atoms with Crippen molar-refractivity contribution in [3.63, 3.8) is 0 Å². The van der Waals surface area contributed by atoms with Crippen LogP contribution < -0.4 is 10.6 Å². The third-order valence-corrected chi connectivity index (χ3v) is 4.25. The number of hydrogen-bond acceptors (Lipinski definition) is 3. The smallest absolute Gasteiger partial charge is 0.261 e. The van der Waals surface area contributed by atoms with Crippen molar-refractivity contribution in [3.05, 3.63) is 57.8 Å². The van der Waals surface area contributed by atoms with Crippen LogP contribution in [0.2, 0.25) is 0 Å². The number of carbonyl (C=O) groups is 2. The van der Waals surface area contributed by atoms with E-state index in [0.29, 0.717) is 4.88 Å². The number of carbonyl (C=O) groups excluding carboxylic acids is 2. The second-order valence-corrected chi connectivity index (χ2v) is 6.05. The van der Waals surface area contributed by atoms with Crippen LogP contribution in [0.5, 0.6) is 0 Å². The van der Waals surface area contributed by atoms with Gasteiger partial charge in [-0.25, -0.2) is 0 Å². The Labute approximate surface area is 134 Å². The maximum absolute atomic E-state index is 12.0. The van der Waals surface area contributed by atoms with E-state index in [-0.39, 0.29) is 24.4 Å². The number of amides is 2. The minimum atomic E-state index is -0.214. The molecule has 5 heteroatoms. The molecule has 0 aliphatic carbocycles. The molecule has 2 rings (SSSR count). The summed E-state index contributed by atoms with van der Waals surface area (Å²) in [7, 11) is 0. The van der Waals surface area contributed by atoms with Crippen LogP contribution in [0.3, 0.4) is 0 Å². The van der Waals surface area contributed by atoms with Crippen molar-refractivity contribution < 1.29 is 9.59 Å². The first-order chi connectivity index (χ1) is 10.6. The highest BCUT2D eigenvalue weighted by Gasteiger charge is 2.14. The normalized spacial score (nSPS) is 11.7. The number of rotatable bonds is 6. The number of thiophene rings is 1. The summed E-state index contributed by atoms with van der Waals surface area (Å²) >= 11 is 1.36. The summed E-state index contributed by atoms with van der Waals surface area (Å²) in [4.78, 5) is 24.4. The summed E-state index contributed by atoms with van der Waals surface area (Å²) in [5.74, 6) is -0.397. The lowest BCUT2D eigenvalue weighted by atomic mass is 10.0. The van der Waals surface area contributed by atoms with Gasteiger partial charge in [-0.3, -0.25) is 9.59 Å². The molecular formula is C17H20N2O2S. The summed E-state index contributed by atoms with van der Waals surface area (Å²) < 4.78 is 0. The molecule has 0 bridgehead atoms. The van der Waals surface area contributed by atoms with Gasteiger partial charge in [-0.05, 0) is 30.4 Å². The molecule has 0 radical (unpaired) electrons. The Bertz CT molecular complexity index is 621. The Morgan fingerprint density at radius 2 is 1.91 bits per heavy atom. The van der Waals surface area contributed by atoms with Gasteiger partial charge in [-0.1, -0.05) is 42.8 Å². The van der Waals surface area contributed by atoms with Crippen molar-refractivity contribution in [2.45, 2.75) is 26.3 Å². The summed E-state index contributed by atoms with van der Waals surface area (Å²) in [5.41, 5.74) is 2.26. The van der Waals surface area contributed by atoms with E-state index in [9.17, 15) is 9.59 Å². The molecule has 0 spiro atoms. The van der Waals surface area contributed by atoms with Gasteiger partial charge in [-0.2, -0.15) is 0 Å². The molecule has 0 saturated carbocycles. The van der Waals surface area contributed by atoms with E-state index in [4.69, 9.17) is 0 Å². The molecule has 2 aromatic rings. The molecule has 1 aromatic carbocycles. The molecule has 2 amide bonds. The van der Waals surface area contributed by atoms with Gasteiger partial charge in [0.2, 0.25) is 5.91 Å². The average Bonchev–Trinajstić information content (AvgIpc) is 3.05. The minimum absolute atomic E-state index is 0.0148. The zero-order chi connectivity index (χ0) is 15.9. The molecule has 4 nitrogen and oxygen atoms in total. The Morgan fingerprint density at radius 1 is 1.18 bits per heavy atom. The molecule has 1 aromatic heterocycles. The lowest BCUT2D eigenvalue weighted by Gasteiger charge is -2.18. The van der Waals surface area contributed by atoms with Gasteiger partial charge in [0.1, 0.15) is 0 Å². The van der Waals surface area contributed by atoms with Gasteiger partial charge < -0.3 is 10.6 Å². The van der Waals surface area contributed by atoms with E-state index in [1.54, 1.807) is 6.07 Å². The van der Waals surface area contributed by atoms with Gasteiger partial charge in [0.25, 0.3) is 5.91 Å². The average molecular weight is 316 g/mol. The Morgan fingerprint density at radius 3 is 2.50 bits per heavy atom. The van der Waals surface area contributed by atoms with Crippen molar-refractivity contribution in [1.82, 2.24) is 10.6 Å². The van der Waals surface area contributed by atoms with Gasteiger partial charge in [0.05, 0.1) is 17.5 Å². The summed E-state index contributed by atoms with van der Waals surface area (Å²) in [6.45, 7) is 4.04. The molecule has 116 valence electrons. The molecule has 22 heavy (non-hydrogen) atoms. The van der Waals surface area contributed by atoms with Crippen molar-refractivity contribution in [3.8, 4) is 0 Å². The molecule has 2 N–H and O–H groups in total. The number of nitrogens with one attached hydrogen (secondary N) is 2. The first-order valence-corrected chi connectivity index (χ1v) is 8.15. The van der Waals surface area contributed by atoms with Gasteiger partial charge >= 0.3 is 0 Å². The highest BCUT2D eigenvalue weighted by atomic mass is 32.1. The lowest BCUT2D eigenvalue weighted by molar-refractivity contribution is -0.120. The van der Waals surface area contributed by atoms with E-state index in [1.165, 1.54) is 16.9 Å². The standard InChI is InChI=1S/C17H20N2O2S/c1-3-14(13-8-6-12(2)7-9-13)19-16(20)11-18-17(21)15-5-4-10-22-15/h4-10,14H,3,11H2,1-2H3,(H,18,21)(H,19,20)/t14-/m1/s1. The first kappa shape index (κ1) is 16.2. The van der Waals surface area contributed by atoms with Crippen LogP contribution in [-0.2, 0) is 4.79 Å². The fourth-order valence-electron chi connectivity index (χ4n) is 2.12. The van der Waals surface area contributed by atoms with Crippen LogP contribution in [-0.4, -0.2) is 18.4 Å². The SMILES string of the molecule is CC[C@@H](NC(=O)CNC(=O)c1cccs1)c1ccc(C)cc1. The largest absolute Gasteiger partial charge is 0.348 e. The van der Waals surface area contributed by atoms with Gasteiger partial charge in [-0.15, -0.1) is 11.3 Å². The van der Waals surface area contributed by atoms with E-state index in [0.717, 1.165) is 12.0 Å². The zero-order valence-electron chi connectivity index (χ0n) is 12.8. The molecular weight excluding hydrogens is 296 g/mol. The van der Waals surface area contributed by atoms with Crippen LogP contribution in [0.1, 0.15) is 40.2 Å². The van der Waals surface area contributed by atoms with Crippen LogP contribution in [0.15, 0.2) is 41.8 Å². The second-order valence-electron chi connectivity index (χ2n) is 5.10. The van der Waals surface area contributed by atoms with E-state index in [1.807, 2.05) is 49.6 Å². The fraction of sp³-hybridized carbons (Fsp3) is 0.294. The molecule has 0 unspecified atom stereocenters. The summed E-state index contributed by atoms with van der Waals surface area (Å²) in [5, 5.41) is 7.42. The predicted octanol–water partition coefficient (Wildman–Crippen LogP) is 3.05. The van der Waals surface area contributed by atoms with Crippen LogP contribution in [0.25, 0.3) is 0 Å². The third-order valence-electron chi connectivity index (χ3n) is 3.38. The predicted molar refractivity (Wildman–Crippen MR) is 89.0 cm³/mol. The van der Waals surface area contributed by atoms with Gasteiger partial charge in [0, 0.05) is 0 Å².